The molecule has 0 radical (unpaired) electrons. The fourth-order valence-electron chi connectivity index (χ4n) is 4.19. The molecule has 164 valence electrons. The van der Waals surface area contributed by atoms with Crippen LogP contribution in [-0.2, 0) is 0 Å². The van der Waals surface area contributed by atoms with Crippen LogP contribution in [0, 0.1) is 6.92 Å². The Morgan fingerprint density at radius 1 is 1.00 bits per heavy atom. The number of aryl methyl sites for hydroxylation is 1. The second-order valence-electron chi connectivity index (χ2n) is 7.79. The number of fused-ring (bicyclic) bond motifs is 2. The van der Waals surface area contributed by atoms with Gasteiger partial charge in [-0.25, -0.2) is 9.78 Å². The van der Waals surface area contributed by atoms with E-state index < -0.39 is 17.2 Å². The minimum Gasteiger partial charge on any atom is -0.497 e. The van der Waals surface area contributed by atoms with E-state index in [0.717, 1.165) is 27.8 Å². The van der Waals surface area contributed by atoms with Gasteiger partial charge < -0.3 is 4.74 Å². The average Bonchev–Trinajstić information content (AvgIpc) is 2.95. The lowest BCUT2D eigenvalue weighted by Crippen LogP contribution is -2.33. The molecular weight excluding hydrogens is 440 g/mol. The molecule has 1 N–H and O–H groups in total. The number of aromatic nitrogens is 4. The van der Waals surface area contributed by atoms with Crippen molar-refractivity contribution < 1.29 is 4.74 Å². The standard InChI is InChI=1S/C25H19ClN4O3/c1-14-3-7-18-15(11-14)4-5-16-12-17(33-2)6-8-19(16)22(18)20-13-30(25(32)29-23(20)31)21-9-10-27-24(26)28-21/h3-13,22H,1-2H3,(H,29,31,32). The van der Waals surface area contributed by atoms with Crippen molar-refractivity contribution in [3.63, 3.8) is 0 Å². The van der Waals surface area contributed by atoms with Gasteiger partial charge in [-0.2, -0.15) is 4.98 Å². The monoisotopic (exact) mass is 458 g/mol. The van der Waals surface area contributed by atoms with Gasteiger partial charge in [-0.1, -0.05) is 42.0 Å². The lowest BCUT2D eigenvalue weighted by Gasteiger charge is -2.21. The molecule has 0 saturated carbocycles. The molecule has 5 rings (SSSR count). The maximum Gasteiger partial charge on any atom is 0.334 e. The van der Waals surface area contributed by atoms with Crippen LogP contribution in [0.3, 0.4) is 0 Å². The molecule has 1 aliphatic rings. The molecule has 8 heteroatoms. The molecule has 2 aromatic carbocycles. The smallest absolute Gasteiger partial charge is 0.334 e. The van der Waals surface area contributed by atoms with Crippen LogP contribution in [0.5, 0.6) is 5.75 Å². The van der Waals surface area contributed by atoms with Crippen molar-refractivity contribution in [1.82, 2.24) is 19.5 Å². The second-order valence-corrected chi connectivity index (χ2v) is 8.13. The quantitative estimate of drug-likeness (QED) is 0.413. The zero-order valence-electron chi connectivity index (χ0n) is 17.9. The van der Waals surface area contributed by atoms with Crippen molar-refractivity contribution in [2.45, 2.75) is 12.8 Å². The van der Waals surface area contributed by atoms with E-state index in [4.69, 9.17) is 16.3 Å². The Bertz CT molecular complexity index is 1540. The molecule has 2 aromatic heterocycles. The lowest BCUT2D eigenvalue weighted by atomic mass is 9.83. The molecule has 0 fully saturated rings. The van der Waals surface area contributed by atoms with Gasteiger partial charge >= 0.3 is 5.69 Å². The van der Waals surface area contributed by atoms with Crippen LogP contribution >= 0.6 is 11.6 Å². The Morgan fingerprint density at radius 3 is 2.45 bits per heavy atom. The van der Waals surface area contributed by atoms with Crippen LogP contribution < -0.4 is 16.0 Å². The third-order valence-corrected chi connectivity index (χ3v) is 5.92. The van der Waals surface area contributed by atoms with E-state index in [1.165, 1.54) is 17.0 Å². The zero-order chi connectivity index (χ0) is 23.1. The van der Waals surface area contributed by atoms with Gasteiger partial charge in [-0.15, -0.1) is 0 Å². The van der Waals surface area contributed by atoms with Gasteiger partial charge in [0.2, 0.25) is 5.28 Å². The highest BCUT2D eigenvalue weighted by atomic mass is 35.5. The van der Waals surface area contributed by atoms with Crippen LogP contribution in [0.15, 0.2) is 64.4 Å². The summed E-state index contributed by atoms with van der Waals surface area (Å²) in [5, 5.41) is 0.00378. The van der Waals surface area contributed by atoms with Crippen molar-refractivity contribution in [1.29, 1.82) is 0 Å². The Balaban J connectivity index is 1.80. The Morgan fingerprint density at radius 2 is 1.73 bits per heavy atom. The van der Waals surface area contributed by atoms with Crippen LogP contribution in [0.2, 0.25) is 5.28 Å². The molecule has 0 saturated heterocycles. The molecule has 2 heterocycles. The van der Waals surface area contributed by atoms with Crippen LogP contribution in [0.25, 0.3) is 18.0 Å². The Kier molecular flexibility index (Phi) is 5.18. The van der Waals surface area contributed by atoms with E-state index in [0.29, 0.717) is 11.3 Å². The first-order chi connectivity index (χ1) is 15.9. The van der Waals surface area contributed by atoms with Crippen molar-refractivity contribution in [2.24, 2.45) is 0 Å². The maximum absolute atomic E-state index is 13.1. The predicted molar refractivity (Wildman–Crippen MR) is 127 cm³/mol. The fourth-order valence-corrected chi connectivity index (χ4v) is 4.34. The fraction of sp³-hybridized carbons (Fsp3) is 0.120. The summed E-state index contributed by atoms with van der Waals surface area (Å²) in [7, 11) is 1.62. The van der Waals surface area contributed by atoms with Gasteiger partial charge in [-0.3, -0.25) is 14.3 Å². The van der Waals surface area contributed by atoms with Gasteiger partial charge in [0.15, 0.2) is 0 Å². The average molecular weight is 459 g/mol. The number of ether oxygens (including phenoxy) is 1. The molecule has 1 atom stereocenters. The first-order valence-electron chi connectivity index (χ1n) is 10.3. The number of benzene rings is 2. The number of aromatic amines is 1. The summed E-state index contributed by atoms with van der Waals surface area (Å²) in [4.78, 5) is 36.2. The summed E-state index contributed by atoms with van der Waals surface area (Å²) in [5.41, 5.74) is 4.25. The molecule has 33 heavy (non-hydrogen) atoms. The summed E-state index contributed by atoms with van der Waals surface area (Å²) < 4.78 is 6.69. The summed E-state index contributed by atoms with van der Waals surface area (Å²) in [6, 6.07) is 13.4. The van der Waals surface area contributed by atoms with Crippen molar-refractivity contribution in [3.05, 3.63) is 114 Å². The van der Waals surface area contributed by atoms with Crippen molar-refractivity contribution in [2.75, 3.05) is 7.11 Å². The minimum absolute atomic E-state index is 0.00378. The van der Waals surface area contributed by atoms with Crippen LogP contribution in [0.1, 0.15) is 39.3 Å². The number of rotatable bonds is 3. The number of halogens is 1. The molecule has 1 unspecified atom stereocenters. The summed E-state index contributed by atoms with van der Waals surface area (Å²) >= 11 is 5.94. The van der Waals surface area contributed by atoms with Gasteiger partial charge in [0.25, 0.3) is 5.56 Å². The molecule has 0 spiro atoms. The van der Waals surface area contributed by atoms with Gasteiger partial charge in [0.1, 0.15) is 11.6 Å². The highest BCUT2D eigenvalue weighted by molar-refractivity contribution is 6.28. The highest BCUT2D eigenvalue weighted by Gasteiger charge is 2.27. The normalized spacial score (nSPS) is 14.3. The number of H-pyrrole nitrogens is 1. The first-order valence-corrected chi connectivity index (χ1v) is 10.6. The van der Waals surface area contributed by atoms with Crippen LogP contribution in [-0.4, -0.2) is 26.6 Å². The third kappa shape index (κ3) is 3.76. The van der Waals surface area contributed by atoms with E-state index in [2.05, 4.69) is 21.0 Å². The molecule has 0 bridgehead atoms. The maximum atomic E-state index is 13.1. The molecule has 1 aliphatic carbocycles. The van der Waals surface area contributed by atoms with E-state index >= 15 is 0 Å². The van der Waals surface area contributed by atoms with Crippen molar-refractivity contribution >= 4 is 23.8 Å². The largest absolute Gasteiger partial charge is 0.497 e. The number of hydrogen-bond donors (Lipinski definition) is 1. The second kappa shape index (κ2) is 8.18. The van der Waals surface area contributed by atoms with Crippen LogP contribution in [0.4, 0.5) is 0 Å². The third-order valence-electron chi connectivity index (χ3n) is 5.74. The van der Waals surface area contributed by atoms with Gasteiger partial charge in [-0.05, 0) is 59.0 Å². The zero-order valence-corrected chi connectivity index (χ0v) is 18.6. The van der Waals surface area contributed by atoms with Crippen molar-refractivity contribution in [3.8, 4) is 11.6 Å². The Hall–Kier alpha value is -3.97. The van der Waals surface area contributed by atoms with E-state index in [-0.39, 0.29) is 11.1 Å². The molecule has 0 amide bonds. The molecule has 4 aromatic rings. The predicted octanol–water partition coefficient (Wildman–Crippen LogP) is 3.95. The highest BCUT2D eigenvalue weighted by Crippen LogP contribution is 2.39. The number of nitrogens with one attached hydrogen (secondary N) is 1. The number of hydrogen-bond acceptors (Lipinski definition) is 5. The van der Waals surface area contributed by atoms with Gasteiger partial charge in [0.05, 0.1) is 7.11 Å². The Labute approximate surface area is 194 Å². The number of nitrogens with zero attached hydrogens (tertiary/aromatic N) is 3. The first kappa shape index (κ1) is 20.9. The summed E-state index contributed by atoms with van der Waals surface area (Å²) in [6.07, 6.45) is 7.05. The summed E-state index contributed by atoms with van der Waals surface area (Å²) in [6.45, 7) is 2.02. The molecule has 7 nitrogen and oxygen atoms in total. The lowest BCUT2D eigenvalue weighted by molar-refractivity contribution is 0.414. The van der Waals surface area contributed by atoms with E-state index in [9.17, 15) is 9.59 Å². The summed E-state index contributed by atoms with van der Waals surface area (Å²) in [5.74, 6) is 0.557. The van der Waals surface area contributed by atoms with Gasteiger partial charge in [0, 0.05) is 23.9 Å². The SMILES string of the molecule is COc1ccc2c(c1)C=Cc1cc(C)ccc1C2c1cn(-c2ccnc(Cl)n2)c(=O)[nH]c1=O. The molecule has 0 aliphatic heterocycles. The minimum atomic E-state index is -0.607. The topological polar surface area (TPSA) is 89.9 Å². The number of methoxy groups -OCH3 is 1. The van der Waals surface area contributed by atoms with E-state index in [1.807, 2.05) is 49.4 Å². The van der Waals surface area contributed by atoms with E-state index in [1.54, 1.807) is 13.2 Å². The molecular formula is C25H19ClN4O3.